The van der Waals surface area contributed by atoms with Crippen LogP contribution in [0.4, 0.5) is 10.6 Å². The molecule has 0 bridgehead atoms. The number of benzene rings is 1. The summed E-state index contributed by atoms with van der Waals surface area (Å²) in [6, 6.07) is 9.90. The predicted octanol–water partition coefficient (Wildman–Crippen LogP) is 4.20. The first-order valence-electron chi connectivity index (χ1n) is 11.1. The van der Waals surface area contributed by atoms with E-state index < -0.39 is 5.60 Å². The van der Waals surface area contributed by atoms with Gasteiger partial charge in [-0.15, -0.1) is 0 Å². The second-order valence-electron chi connectivity index (χ2n) is 9.38. The Morgan fingerprint density at radius 2 is 2.03 bits per heavy atom. The zero-order valence-electron chi connectivity index (χ0n) is 19.0. The number of carbonyl (C=O) groups is 1. The molecule has 1 aliphatic rings. The van der Waals surface area contributed by atoms with Crippen LogP contribution in [0.25, 0.3) is 33.2 Å². The molecule has 9 heteroatoms. The van der Waals surface area contributed by atoms with Crippen LogP contribution < -0.4 is 5.73 Å². The number of nitrogens with two attached hydrogens (primary N) is 1. The summed E-state index contributed by atoms with van der Waals surface area (Å²) in [5.74, 6) is 0.382. The van der Waals surface area contributed by atoms with Crippen LogP contribution in [0.15, 0.2) is 42.9 Å². The summed E-state index contributed by atoms with van der Waals surface area (Å²) < 4.78 is 7.48. The highest BCUT2D eigenvalue weighted by Crippen LogP contribution is 2.34. The highest BCUT2D eigenvalue weighted by molar-refractivity contribution is 5.99. The number of rotatable bonds is 2. The first kappa shape index (κ1) is 21.1. The highest BCUT2D eigenvalue weighted by Gasteiger charge is 2.31. The van der Waals surface area contributed by atoms with Crippen molar-refractivity contribution in [3.8, 4) is 11.3 Å². The lowest BCUT2D eigenvalue weighted by atomic mass is 10.1. The molecule has 0 unspecified atom stereocenters. The summed E-state index contributed by atoms with van der Waals surface area (Å²) in [5.41, 5.74) is 8.97. The molecule has 5 rings (SSSR count). The Morgan fingerprint density at radius 3 is 2.85 bits per heavy atom. The molecule has 0 aliphatic carbocycles. The van der Waals surface area contributed by atoms with E-state index in [1.807, 2.05) is 49.7 Å². The summed E-state index contributed by atoms with van der Waals surface area (Å²) in [6.45, 7) is 6.78. The van der Waals surface area contributed by atoms with Crippen molar-refractivity contribution in [2.45, 2.75) is 45.3 Å². The minimum atomic E-state index is -0.539. The fourth-order valence-corrected chi connectivity index (χ4v) is 4.32. The van der Waals surface area contributed by atoms with Crippen LogP contribution >= 0.6 is 0 Å². The van der Waals surface area contributed by atoms with Gasteiger partial charge in [-0.3, -0.25) is 4.98 Å². The van der Waals surface area contributed by atoms with Crippen LogP contribution in [0.2, 0.25) is 0 Å². The van der Waals surface area contributed by atoms with Crippen LogP contribution in [0.5, 0.6) is 0 Å². The standard InChI is InChI=1S/C24H27N7O2/c1-24(2,3)33-23(32)30-11-5-7-17(13-30)31-22-19(21(25)27-14-28-22)20(29-31)16-8-9-18-15(12-16)6-4-10-26-18/h4,6,8-10,12,14,17H,5,7,11,13H2,1-3H3,(H2,25,27,28)/t17-/m1/s1. The second-order valence-corrected chi connectivity index (χ2v) is 9.38. The SMILES string of the molecule is CC(C)(C)OC(=O)N1CCC[C@@H](n2nc(-c3ccc4ncccc4c3)c3c(N)ncnc32)C1. The smallest absolute Gasteiger partial charge is 0.410 e. The van der Waals surface area contributed by atoms with Gasteiger partial charge in [0.15, 0.2) is 5.65 Å². The van der Waals surface area contributed by atoms with Crippen molar-refractivity contribution in [3.05, 3.63) is 42.9 Å². The van der Waals surface area contributed by atoms with Crippen molar-refractivity contribution in [2.24, 2.45) is 0 Å². The molecule has 2 N–H and O–H groups in total. The molecule has 0 radical (unpaired) electrons. The van der Waals surface area contributed by atoms with E-state index in [4.69, 9.17) is 15.6 Å². The third-order valence-electron chi connectivity index (χ3n) is 5.79. The fourth-order valence-electron chi connectivity index (χ4n) is 4.32. The Morgan fingerprint density at radius 1 is 1.18 bits per heavy atom. The number of ether oxygens (including phenoxy) is 1. The third-order valence-corrected chi connectivity index (χ3v) is 5.79. The summed E-state index contributed by atoms with van der Waals surface area (Å²) in [6.07, 6.45) is 4.65. The average molecular weight is 446 g/mol. The lowest BCUT2D eigenvalue weighted by Gasteiger charge is -2.34. The van der Waals surface area contributed by atoms with E-state index in [1.165, 1.54) is 6.33 Å². The molecular formula is C24H27N7O2. The minimum Gasteiger partial charge on any atom is -0.444 e. The van der Waals surface area contributed by atoms with Crippen LogP contribution in [0, 0.1) is 0 Å². The summed E-state index contributed by atoms with van der Waals surface area (Å²) in [4.78, 5) is 27.6. The lowest BCUT2D eigenvalue weighted by molar-refractivity contribution is 0.0169. The van der Waals surface area contributed by atoms with Gasteiger partial charge < -0.3 is 15.4 Å². The van der Waals surface area contributed by atoms with E-state index in [9.17, 15) is 4.79 Å². The van der Waals surface area contributed by atoms with E-state index >= 15 is 0 Å². The van der Waals surface area contributed by atoms with Gasteiger partial charge in [0.1, 0.15) is 23.4 Å². The van der Waals surface area contributed by atoms with Gasteiger partial charge in [0, 0.05) is 30.2 Å². The Hall–Kier alpha value is -3.75. The van der Waals surface area contributed by atoms with Gasteiger partial charge in [-0.1, -0.05) is 12.1 Å². The monoisotopic (exact) mass is 445 g/mol. The second kappa shape index (κ2) is 7.99. The molecule has 33 heavy (non-hydrogen) atoms. The molecular weight excluding hydrogens is 418 g/mol. The van der Waals surface area contributed by atoms with Gasteiger partial charge in [-0.2, -0.15) is 5.10 Å². The maximum Gasteiger partial charge on any atom is 0.410 e. The average Bonchev–Trinajstić information content (AvgIpc) is 3.19. The highest BCUT2D eigenvalue weighted by atomic mass is 16.6. The lowest BCUT2D eigenvalue weighted by Crippen LogP contribution is -2.43. The largest absolute Gasteiger partial charge is 0.444 e. The Balaban J connectivity index is 1.55. The molecule has 1 atom stereocenters. The van der Waals surface area contributed by atoms with E-state index in [0.717, 1.165) is 40.4 Å². The fraction of sp³-hybridized carbons (Fsp3) is 0.375. The number of anilines is 1. The van der Waals surface area contributed by atoms with Crippen molar-refractivity contribution in [1.29, 1.82) is 0 Å². The molecule has 0 spiro atoms. The zero-order valence-corrected chi connectivity index (χ0v) is 19.0. The topological polar surface area (TPSA) is 112 Å². The van der Waals surface area contributed by atoms with Crippen molar-refractivity contribution < 1.29 is 9.53 Å². The van der Waals surface area contributed by atoms with Crippen LogP contribution in [0.3, 0.4) is 0 Å². The van der Waals surface area contributed by atoms with E-state index in [2.05, 4.69) is 21.0 Å². The number of carbonyl (C=O) groups excluding carboxylic acids is 1. The van der Waals surface area contributed by atoms with Gasteiger partial charge in [0.2, 0.25) is 0 Å². The van der Waals surface area contributed by atoms with E-state index in [1.54, 1.807) is 11.1 Å². The number of hydrogen-bond acceptors (Lipinski definition) is 7. The van der Waals surface area contributed by atoms with Gasteiger partial charge in [0.05, 0.1) is 16.9 Å². The van der Waals surface area contributed by atoms with Crippen molar-refractivity contribution in [3.63, 3.8) is 0 Å². The number of fused-ring (bicyclic) bond motifs is 2. The van der Waals surface area contributed by atoms with Crippen molar-refractivity contribution >= 4 is 33.8 Å². The van der Waals surface area contributed by atoms with E-state index in [-0.39, 0.29) is 12.1 Å². The molecule has 1 aliphatic heterocycles. The maximum atomic E-state index is 12.7. The molecule has 1 saturated heterocycles. The van der Waals surface area contributed by atoms with Gasteiger partial charge >= 0.3 is 6.09 Å². The van der Waals surface area contributed by atoms with Crippen LogP contribution in [-0.4, -0.2) is 54.4 Å². The molecule has 9 nitrogen and oxygen atoms in total. The minimum absolute atomic E-state index is 0.0426. The normalized spacial score (nSPS) is 16.9. The van der Waals surface area contributed by atoms with Gasteiger partial charge in [-0.25, -0.2) is 19.4 Å². The first-order valence-corrected chi connectivity index (χ1v) is 11.1. The Bertz CT molecular complexity index is 1340. The van der Waals surface area contributed by atoms with Gasteiger partial charge in [-0.05, 0) is 51.8 Å². The third kappa shape index (κ3) is 4.06. The molecule has 1 amide bonds. The van der Waals surface area contributed by atoms with Crippen molar-refractivity contribution in [1.82, 2.24) is 29.6 Å². The molecule has 1 aromatic carbocycles. The molecule has 4 heterocycles. The molecule has 170 valence electrons. The quantitative estimate of drug-likeness (QED) is 0.492. The number of nitrogens with zero attached hydrogens (tertiary/aromatic N) is 6. The molecule has 4 aromatic rings. The number of pyridine rings is 1. The predicted molar refractivity (Wildman–Crippen MR) is 127 cm³/mol. The Kier molecular flexibility index (Phi) is 5.11. The molecule has 1 fully saturated rings. The number of likely N-dealkylation sites (tertiary alicyclic amines) is 1. The van der Waals surface area contributed by atoms with Crippen molar-refractivity contribution in [2.75, 3.05) is 18.8 Å². The Labute approximate surface area is 191 Å². The summed E-state index contributed by atoms with van der Waals surface area (Å²) >= 11 is 0. The van der Waals surface area contributed by atoms with Crippen LogP contribution in [0.1, 0.15) is 39.7 Å². The van der Waals surface area contributed by atoms with Gasteiger partial charge in [0.25, 0.3) is 0 Å². The van der Waals surface area contributed by atoms with E-state index in [0.29, 0.717) is 24.6 Å². The summed E-state index contributed by atoms with van der Waals surface area (Å²) in [7, 11) is 0. The zero-order chi connectivity index (χ0) is 23.2. The number of hydrogen-bond donors (Lipinski definition) is 1. The maximum absolute atomic E-state index is 12.7. The number of piperidine rings is 1. The number of nitrogen functional groups attached to an aromatic ring is 1. The molecule has 0 saturated carbocycles. The first-order chi connectivity index (χ1) is 15.8. The number of amides is 1. The number of aromatic nitrogens is 5. The molecule has 3 aromatic heterocycles. The summed E-state index contributed by atoms with van der Waals surface area (Å²) in [5, 5.41) is 6.69. The van der Waals surface area contributed by atoms with Crippen LogP contribution in [-0.2, 0) is 4.74 Å².